The number of fused-ring (bicyclic) bond motifs is 1. The summed E-state index contributed by atoms with van der Waals surface area (Å²) in [4.78, 5) is 21.0. The zero-order chi connectivity index (χ0) is 23.5. The predicted molar refractivity (Wildman–Crippen MR) is 118 cm³/mol. The standard InChI is InChI=1S/C21H21N7O5S/c29-20(23-10-6-18-24-21(32-26-18)15-3-2-9-22-13-15)14-7-11-28(12-8-14)34(30,31)17-5-1-4-16-19(17)27-33-25-16/h1-5,9,13-14H,6-8,10-12H2,(H,23,29). The summed E-state index contributed by atoms with van der Waals surface area (Å²) in [5, 5.41) is 14.2. The van der Waals surface area contributed by atoms with Crippen LogP contribution in [0.25, 0.3) is 22.5 Å². The first kappa shape index (κ1) is 22.1. The van der Waals surface area contributed by atoms with Gasteiger partial charge in [0, 0.05) is 44.4 Å². The van der Waals surface area contributed by atoms with Gasteiger partial charge in [-0.1, -0.05) is 11.2 Å². The molecule has 0 bridgehead atoms. The minimum atomic E-state index is -3.77. The molecule has 1 N–H and O–H groups in total. The number of hydrogen-bond acceptors (Lipinski definition) is 10. The Hall–Kier alpha value is -3.71. The molecule has 0 spiro atoms. The highest BCUT2D eigenvalue weighted by atomic mass is 32.2. The number of rotatable bonds is 7. The molecular formula is C21H21N7O5S. The van der Waals surface area contributed by atoms with Crippen molar-refractivity contribution in [2.24, 2.45) is 5.92 Å². The van der Waals surface area contributed by atoms with Crippen molar-refractivity contribution in [3.05, 3.63) is 48.5 Å². The topological polar surface area (TPSA) is 157 Å². The number of nitrogens with zero attached hydrogens (tertiary/aromatic N) is 6. The zero-order valence-electron chi connectivity index (χ0n) is 18.0. The largest absolute Gasteiger partial charge is 0.355 e. The van der Waals surface area contributed by atoms with Crippen LogP contribution in [0.4, 0.5) is 0 Å². The molecule has 0 unspecified atom stereocenters. The van der Waals surface area contributed by atoms with Crippen LogP contribution in [0.1, 0.15) is 18.7 Å². The maximum absolute atomic E-state index is 13.1. The summed E-state index contributed by atoms with van der Waals surface area (Å²) in [5.41, 5.74) is 1.31. The highest BCUT2D eigenvalue weighted by Gasteiger charge is 2.33. The first-order chi connectivity index (χ1) is 16.5. The quantitative estimate of drug-likeness (QED) is 0.408. The maximum atomic E-state index is 13.1. The van der Waals surface area contributed by atoms with E-state index in [1.807, 2.05) is 6.07 Å². The van der Waals surface area contributed by atoms with Gasteiger partial charge < -0.3 is 9.84 Å². The van der Waals surface area contributed by atoms with Gasteiger partial charge >= 0.3 is 0 Å². The van der Waals surface area contributed by atoms with Crippen LogP contribution in [0.2, 0.25) is 0 Å². The lowest BCUT2D eigenvalue weighted by Crippen LogP contribution is -2.43. The minimum Gasteiger partial charge on any atom is -0.355 e. The van der Waals surface area contributed by atoms with Crippen molar-refractivity contribution >= 4 is 27.0 Å². The molecular weight excluding hydrogens is 462 g/mol. The number of aromatic nitrogens is 5. The SMILES string of the molecule is O=C(NCCc1noc(-c2cccnc2)n1)C1CCN(S(=O)(=O)c2cccc3nonc23)CC1. The van der Waals surface area contributed by atoms with E-state index in [9.17, 15) is 13.2 Å². The van der Waals surface area contributed by atoms with E-state index in [4.69, 9.17) is 4.52 Å². The second kappa shape index (κ2) is 9.27. The fraction of sp³-hybridized carbons (Fsp3) is 0.333. The molecule has 5 rings (SSSR count). The van der Waals surface area contributed by atoms with Crippen LogP contribution >= 0.6 is 0 Å². The Balaban J connectivity index is 1.13. The number of hydrogen-bond donors (Lipinski definition) is 1. The molecule has 1 aliphatic heterocycles. The Morgan fingerprint density at radius 2 is 1.97 bits per heavy atom. The number of piperidine rings is 1. The van der Waals surface area contributed by atoms with Gasteiger partial charge in [-0.15, -0.1) is 0 Å². The van der Waals surface area contributed by atoms with Crippen molar-refractivity contribution in [3.63, 3.8) is 0 Å². The second-order valence-corrected chi connectivity index (χ2v) is 9.77. The maximum Gasteiger partial charge on any atom is 0.259 e. The first-order valence-electron chi connectivity index (χ1n) is 10.7. The molecule has 0 radical (unpaired) electrons. The van der Waals surface area contributed by atoms with Crippen LogP contribution in [0.5, 0.6) is 0 Å². The summed E-state index contributed by atoms with van der Waals surface area (Å²) < 4.78 is 37.5. The third-order valence-electron chi connectivity index (χ3n) is 5.72. The van der Waals surface area contributed by atoms with Gasteiger partial charge in [0.05, 0.1) is 5.56 Å². The average molecular weight is 484 g/mol. The van der Waals surface area contributed by atoms with Crippen molar-refractivity contribution in [1.82, 2.24) is 35.1 Å². The minimum absolute atomic E-state index is 0.0555. The summed E-state index contributed by atoms with van der Waals surface area (Å²) >= 11 is 0. The lowest BCUT2D eigenvalue weighted by atomic mass is 9.97. The average Bonchev–Trinajstić information content (AvgIpc) is 3.54. The van der Waals surface area contributed by atoms with Gasteiger partial charge in [0.15, 0.2) is 11.3 Å². The molecule has 4 heterocycles. The van der Waals surface area contributed by atoms with Crippen LogP contribution in [0, 0.1) is 5.92 Å². The van der Waals surface area contributed by atoms with E-state index in [1.165, 1.54) is 10.4 Å². The van der Waals surface area contributed by atoms with Crippen LogP contribution in [0.15, 0.2) is 56.8 Å². The number of nitrogens with one attached hydrogen (secondary N) is 1. The fourth-order valence-corrected chi connectivity index (χ4v) is 5.50. The van der Waals surface area contributed by atoms with Gasteiger partial charge in [0.25, 0.3) is 5.89 Å². The summed E-state index contributed by atoms with van der Waals surface area (Å²) in [6, 6.07) is 8.32. The van der Waals surface area contributed by atoms with Gasteiger partial charge in [-0.3, -0.25) is 9.78 Å². The van der Waals surface area contributed by atoms with Crippen LogP contribution in [0.3, 0.4) is 0 Å². The first-order valence-corrected chi connectivity index (χ1v) is 12.2. The summed E-state index contributed by atoms with van der Waals surface area (Å²) in [7, 11) is -3.77. The molecule has 176 valence electrons. The number of sulfonamides is 1. The van der Waals surface area contributed by atoms with E-state index in [2.05, 4.69) is 35.4 Å². The highest BCUT2D eigenvalue weighted by molar-refractivity contribution is 7.89. The molecule has 13 heteroatoms. The van der Waals surface area contributed by atoms with Gasteiger partial charge in [0.1, 0.15) is 10.4 Å². The Morgan fingerprint density at radius 3 is 2.76 bits per heavy atom. The zero-order valence-corrected chi connectivity index (χ0v) is 18.8. The summed E-state index contributed by atoms with van der Waals surface area (Å²) in [5.74, 6) is 0.472. The summed E-state index contributed by atoms with van der Waals surface area (Å²) in [6.07, 6.45) is 4.55. The van der Waals surface area contributed by atoms with Crippen molar-refractivity contribution in [2.45, 2.75) is 24.2 Å². The van der Waals surface area contributed by atoms with Crippen molar-refractivity contribution in [2.75, 3.05) is 19.6 Å². The molecule has 0 aliphatic carbocycles. The number of benzene rings is 1. The Labute approximate surface area is 194 Å². The molecule has 1 saturated heterocycles. The molecule has 34 heavy (non-hydrogen) atoms. The highest BCUT2D eigenvalue weighted by Crippen LogP contribution is 2.27. The van der Waals surface area contributed by atoms with Crippen molar-refractivity contribution in [3.8, 4) is 11.5 Å². The van der Waals surface area contributed by atoms with Gasteiger partial charge in [0.2, 0.25) is 15.9 Å². The Bertz CT molecular complexity index is 1400. The molecule has 1 aromatic carbocycles. The molecule has 1 fully saturated rings. The molecule has 4 aromatic rings. The lowest BCUT2D eigenvalue weighted by molar-refractivity contribution is -0.126. The third kappa shape index (κ3) is 4.39. The predicted octanol–water partition coefficient (Wildman–Crippen LogP) is 1.43. The van der Waals surface area contributed by atoms with E-state index in [1.54, 1.807) is 30.6 Å². The number of carbonyl (C=O) groups is 1. The van der Waals surface area contributed by atoms with Crippen LogP contribution in [-0.2, 0) is 21.2 Å². The Morgan fingerprint density at radius 1 is 1.12 bits per heavy atom. The van der Waals surface area contributed by atoms with Crippen LogP contribution < -0.4 is 5.32 Å². The van der Waals surface area contributed by atoms with Crippen LogP contribution in [-0.4, -0.2) is 63.7 Å². The van der Waals surface area contributed by atoms with E-state index in [0.29, 0.717) is 43.0 Å². The van der Waals surface area contributed by atoms with Gasteiger partial charge in [-0.2, -0.15) is 9.29 Å². The van der Waals surface area contributed by atoms with E-state index < -0.39 is 10.0 Å². The van der Waals surface area contributed by atoms with Gasteiger partial charge in [-0.25, -0.2) is 13.0 Å². The molecule has 0 atom stereocenters. The molecule has 0 saturated carbocycles. The Kier molecular flexibility index (Phi) is 6.02. The molecule has 1 amide bonds. The monoisotopic (exact) mass is 483 g/mol. The van der Waals surface area contributed by atoms with E-state index in [0.717, 1.165) is 5.56 Å². The normalized spacial score (nSPS) is 15.5. The lowest BCUT2D eigenvalue weighted by Gasteiger charge is -2.30. The number of amides is 1. The summed E-state index contributed by atoms with van der Waals surface area (Å²) in [6.45, 7) is 0.827. The van der Waals surface area contributed by atoms with E-state index >= 15 is 0 Å². The third-order valence-corrected chi connectivity index (χ3v) is 7.65. The van der Waals surface area contributed by atoms with Crippen molar-refractivity contribution in [1.29, 1.82) is 0 Å². The van der Waals surface area contributed by atoms with E-state index in [-0.39, 0.29) is 35.3 Å². The second-order valence-electron chi connectivity index (χ2n) is 7.86. The molecule has 12 nitrogen and oxygen atoms in total. The molecule has 3 aromatic heterocycles. The number of pyridine rings is 1. The molecule has 1 aliphatic rings. The number of carbonyl (C=O) groups excluding carboxylic acids is 1. The van der Waals surface area contributed by atoms with Crippen molar-refractivity contribution < 1.29 is 22.4 Å². The van der Waals surface area contributed by atoms with Gasteiger partial charge in [-0.05, 0) is 47.4 Å². The smallest absolute Gasteiger partial charge is 0.259 e. The fourth-order valence-electron chi connectivity index (χ4n) is 3.89.